The Morgan fingerprint density at radius 3 is 2.26 bits per heavy atom. The van der Waals surface area contributed by atoms with E-state index < -0.39 is 21.7 Å². The molecule has 27 heavy (non-hydrogen) atoms. The maximum atomic E-state index is 13.7. The van der Waals surface area contributed by atoms with Crippen LogP contribution in [0.5, 0.6) is 0 Å². The number of carbonyl (C=O) groups excluding carboxylic acids is 1. The molecule has 0 aliphatic carbocycles. The molecule has 1 amide bonds. The topological polar surface area (TPSA) is 75.3 Å². The molecule has 0 bridgehead atoms. The Labute approximate surface area is 164 Å². The van der Waals surface area contributed by atoms with Crippen LogP contribution in [0, 0.1) is 5.82 Å². The van der Waals surface area contributed by atoms with Gasteiger partial charge in [-0.05, 0) is 35.2 Å². The number of amides is 1. The summed E-state index contributed by atoms with van der Waals surface area (Å²) in [5, 5.41) is 2.44. The first-order chi connectivity index (χ1) is 12.5. The molecule has 0 unspecified atom stereocenters. The molecule has 2 aromatic carbocycles. The number of halogens is 2. The van der Waals surface area contributed by atoms with Gasteiger partial charge in [0.25, 0.3) is 5.91 Å². The lowest BCUT2D eigenvalue weighted by Gasteiger charge is -2.19. The Kier molecular flexibility index (Phi) is 6.62. The zero-order valence-electron chi connectivity index (χ0n) is 15.3. The number of hydrogen-bond acceptors (Lipinski definition) is 3. The summed E-state index contributed by atoms with van der Waals surface area (Å²) in [4.78, 5) is 12.1. The van der Waals surface area contributed by atoms with Gasteiger partial charge in [0.15, 0.2) is 0 Å². The van der Waals surface area contributed by atoms with Crippen LogP contribution in [0.25, 0.3) is 0 Å². The smallest absolute Gasteiger partial charge is 0.255 e. The number of hydrogen-bond donors (Lipinski definition) is 2. The lowest BCUT2D eigenvalue weighted by molar-refractivity contribution is 0.0950. The van der Waals surface area contributed by atoms with Gasteiger partial charge in [-0.2, -0.15) is 0 Å². The summed E-state index contributed by atoms with van der Waals surface area (Å²) >= 11 is 5.82. The quantitative estimate of drug-likeness (QED) is 0.713. The third-order valence-corrected chi connectivity index (χ3v) is 5.72. The molecule has 0 aliphatic rings. The van der Waals surface area contributed by atoms with Crippen molar-refractivity contribution in [1.29, 1.82) is 0 Å². The maximum absolute atomic E-state index is 13.7. The summed E-state index contributed by atoms with van der Waals surface area (Å²) in [7, 11) is -3.70. The van der Waals surface area contributed by atoms with Crippen LogP contribution in [0.4, 0.5) is 4.39 Å². The summed E-state index contributed by atoms with van der Waals surface area (Å²) in [6.07, 6.45) is 0. The zero-order chi connectivity index (χ0) is 20.2. The highest BCUT2D eigenvalue weighted by Crippen LogP contribution is 2.23. The SMILES string of the molecule is CC(C)(C)c1ccc(S(=O)(=O)NCCNC(=O)c2c(F)cccc2Cl)cc1. The standard InChI is InChI=1S/C19H22ClFN2O3S/c1-19(2,3)13-7-9-14(10-8-13)27(25,26)23-12-11-22-18(24)17-15(20)5-4-6-16(17)21/h4-10,23H,11-12H2,1-3H3,(H,22,24). The van der Waals surface area contributed by atoms with E-state index in [0.717, 1.165) is 11.6 Å². The van der Waals surface area contributed by atoms with Crippen LogP contribution < -0.4 is 10.0 Å². The van der Waals surface area contributed by atoms with Crippen molar-refractivity contribution < 1.29 is 17.6 Å². The predicted molar refractivity (Wildman–Crippen MR) is 104 cm³/mol. The molecule has 0 spiro atoms. The minimum Gasteiger partial charge on any atom is -0.351 e. The number of rotatable bonds is 6. The lowest BCUT2D eigenvalue weighted by Crippen LogP contribution is -2.35. The molecule has 0 atom stereocenters. The molecule has 8 heteroatoms. The van der Waals surface area contributed by atoms with Gasteiger partial charge >= 0.3 is 0 Å². The van der Waals surface area contributed by atoms with Crippen molar-refractivity contribution in [3.63, 3.8) is 0 Å². The Morgan fingerprint density at radius 1 is 1.07 bits per heavy atom. The van der Waals surface area contributed by atoms with Gasteiger partial charge in [0.1, 0.15) is 5.82 Å². The Hall–Kier alpha value is -1.96. The second-order valence-corrected chi connectivity index (χ2v) is 9.20. The average Bonchev–Trinajstić information content (AvgIpc) is 2.58. The van der Waals surface area contributed by atoms with E-state index in [1.807, 2.05) is 20.8 Å². The van der Waals surface area contributed by atoms with Gasteiger partial charge < -0.3 is 5.32 Å². The molecule has 0 aromatic heterocycles. The summed E-state index contributed by atoms with van der Waals surface area (Å²) in [5.41, 5.74) is 0.684. The Morgan fingerprint density at radius 2 is 1.70 bits per heavy atom. The molecule has 0 heterocycles. The predicted octanol–water partition coefficient (Wildman–Crippen LogP) is 3.48. The maximum Gasteiger partial charge on any atom is 0.255 e. The van der Waals surface area contributed by atoms with Gasteiger partial charge in [0.2, 0.25) is 10.0 Å². The normalized spacial score (nSPS) is 12.0. The van der Waals surface area contributed by atoms with E-state index in [1.54, 1.807) is 24.3 Å². The lowest BCUT2D eigenvalue weighted by atomic mass is 9.87. The summed E-state index contributed by atoms with van der Waals surface area (Å²) in [6.45, 7) is 6.07. The second-order valence-electron chi connectivity index (χ2n) is 7.02. The van der Waals surface area contributed by atoms with Crippen molar-refractivity contribution >= 4 is 27.5 Å². The van der Waals surface area contributed by atoms with Crippen LogP contribution in [0.15, 0.2) is 47.4 Å². The van der Waals surface area contributed by atoms with Crippen molar-refractivity contribution in [2.24, 2.45) is 0 Å². The summed E-state index contributed by atoms with van der Waals surface area (Å²) in [5.74, 6) is -1.44. The van der Waals surface area contributed by atoms with Crippen molar-refractivity contribution in [2.75, 3.05) is 13.1 Å². The average molecular weight is 413 g/mol. The molecular formula is C19H22ClFN2O3S. The highest BCUT2D eigenvalue weighted by Gasteiger charge is 2.18. The molecule has 2 N–H and O–H groups in total. The summed E-state index contributed by atoms with van der Waals surface area (Å²) in [6, 6.07) is 10.6. The number of nitrogens with one attached hydrogen (secondary N) is 2. The van der Waals surface area contributed by atoms with Gasteiger partial charge in [-0.1, -0.05) is 50.6 Å². The van der Waals surface area contributed by atoms with Crippen LogP contribution in [-0.2, 0) is 15.4 Å². The molecule has 0 fully saturated rings. The third kappa shape index (κ3) is 5.51. The van der Waals surface area contributed by atoms with E-state index in [0.29, 0.717) is 0 Å². The zero-order valence-corrected chi connectivity index (χ0v) is 16.9. The highest BCUT2D eigenvalue weighted by atomic mass is 35.5. The molecule has 0 saturated heterocycles. The van der Waals surface area contributed by atoms with Crippen LogP contribution in [0.3, 0.4) is 0 Å². The van der Waals surface area contributed by atoms with Crippen molar-refractivity contribution in [2.45, 2.75) is 31.1 Å². The Bertz CT molecular complexity index is 903. The monoisotopic (exact) mass is 412 g/mol. The van der Waals surface area contributed by atoms with Crippen LogP contribution in [-0.4, -0.2) is 27.4 Å². The first kappa shape index (κ1) is 21.3. The van der Waals surface area contributed by atoms with Crippen molar-refractivity contribution in [3.8, 4) is 0 Å². The van der Waals surface area contributed by atoms with Gasteiger partial charge in [-0.15, -0.1) is 0 Å². The number of benzene rings is 2. The third-order valence-electron chi connectivity index (χ3n) is 3.92. The Balaban J connectivity index is 1.93. The second kappa shape index (κ2) is 8.37. The van der Waals surface area contributed by atoms with E-state index in [-0.39, 0.29) is 34.0 Å². The largest absolute Gasteiger partial charge is 0.351 e. The molecule has 0 aliphatic heterocycles. The number of carbonyl (C=O) groups is 1. The van der Waals surface area contributed by atoms with Gasteiger partial charge in [-0.25, -0.2) is 17.5 Å². The van der Waals surface area contributed by atoms with Crippen molar-refractivity contribution in [3.05, 3.63) is 64.4 Å². The van der Waals surface area contributed by atoms with Gasteiger partial charge in [0.05, 0.1) is 15.5 Å². The minimum absolute atomic E-state index is 0.00739. The van der Waals surface area contributed by atoms with Crippen molar-refractivity contribution in [1.82, 2.24) is 10.0 Å². The summed E-state index contributed by atoms with van der Waals surface area (Å²) < 4.78 is 40.7. The van der Waals surface area contributed by atoms with E-state index in [2.05, 4.69) is 10.0 Å². The fourth-order valence-corrected chi connectivity index (χ4v) is 3.66. The minimum atomic E-state index is -3.70. The van der Waals surface area contributed by atoms with Gasteiger partial charge in [-0.3, -0.25) is 4.79 Å². The molecular weight excluding hydrogens is 391 g/mol. The molecule has 2 rings (SSSR count). The molecule has 146 valence electrons. The van der Waals surface area contributed by atoms with E-state index in [9.17, 15) is 17.6 Å². The van der Waals surface area contributed by atoms with E-state index in [4.69, 9.17) is 11.6 Å². The molecule has 2 aromatic rings. The van der Waals surface area contributed by atoms with Crippen LogP contribution in [0.1, 0.15) is 36.7 Å². The van der Waals surface area contributed by atoms with E-state index in [1.165, 1.54) is 12.1 Å². The molecule has 0 saturated carbocycles. The van der Waals surface area contributed by atoms with Gasteiger partial charge in [0, 0.05) is 13.1 Å². The first-order valence-corrected chi connectivity index (χ1v) is 10.2. The number of sulfonamides is 1. The molecule has 0 radical (unpaired) electrons. The van der Waals surface area contributed by atoms with Crippen LogP contribution >= 0.6 is 11.6 Å². The highest BCUT2D eigenvalue weighted by molar-refractivity contribution is 7.89. The van der Waals surface area contributed by atoms with Crippen LogP contribution in [0.2, 0.25) is 5.02 Å². The fraction of sp³-hybridized carbons (Fsp3) is 0.316. The first-order valence-electron chi connectivity index (χ1n) is 8.35. The molecule has 5 nitrogen and oxygen atoms in total. The van der Waals surface area contributed by atoms with E-state index >= 15 is 0 Å². The fourth-order valence-electron chi connectivity index (χ4n) is 2.38.